The Morgan fingerprint density at radius 1 is 1.15 bits per heavy atom. The van der Waals surface area contributed by atoms with Crippen LogP contribution in [0.15, 0.2) is 52.3 Å². The van der Waals surface area contributed by atoms with Crippen molar-refractivity contribution < 1.29 is 22.7 Å². The summed E-state index contributed by atoms with van der Waals surface area (Å²) in [6, 6.07) is 11.9. The molecule has 2 aliphatic rings. The number of methoxy groups -OCH3 is 1. The Balaban J connectivity index is 1.63. The first-order valence-corrected chi connectivity index (χ1v) is 13.6. The topological polar surface area (TPSA) is 96.0 Å². The molecule has 0 aliphatic carbocycles. The zero-order valence-electron chi connectivity index (χ0n) is 19.3. The predicted octanol–water partition coefficient (Wildman–Crippen LogP) is 3.73. The second-order valence-electron chi connectivity index (χ2n) is 8.49. The fourth-order valence-electron chi connectivity index (χ4n) is 4.19. The summed E-state index contributed by atoms with van der Waals surface area (Å²) in [6.07, 6.45) is 2.95. The number of hydrogen-bond acceptors (Lipinski definition) is 6. The third-order valence-electron chi connectivity index (χ3n) is 5.92. The van der Waals surface area contributed by atoms with Crippen LogP contribution in [-0.4, -0.2) is 56.5 Å². The van der Waals surface area contributed by atoms with Gasteiger partial charge in [0.15, 0.2) is 0 Å². The largest absolute Gasteiger partial charge is 0.497 e. The second kappa shape index (κ2) is 10.4. The van der Waals surface area contributed by atoms with Gasteiger partial charge in [0.25, 0.3) is 0 Å². The van der Waals surface area contributed by atoms with E-state index >= 15 is 0 Å². The van der Waals surface area contributed by atoms with Crippen molar-refractivity contribution in [2.24, 2.45) is 0 Å². The van der Waals surface area contributed by atoms with E-state index in [2.05, 4.69) is 5.32 Å². The summed E-state index contributed by atoms with van der Waals surface area (Å²) in [6.45, 7) is 2.72. The van der Waals surface area contributed by atoms with E-state index in [0.717, 1.165) is 24.2 Å². The number of hydrogen-bond donors (Lipinski definition) is 1. The maximum absolute atomic E-state index is 13.3. The van der Waals surface area contributed by atoms with Gasteiger partial charge in [0.2, 0.25) is 21.8 Å². The van der Waals surface area contributed by atoms with E-state index in [1.54, 1.807) is 49.6 Å². The van der Waals surface area contributed by atoms with Crippen LogP contribution >= 0.6 is 11.8 Å². The Hall–Kier alpha value is -2.56. The van der Waals surface area contributed by atoms with Gasteiger partial charge in [-0.2, -0.15) is 4.31 Å². The van der Waals surface area contributed by atoms with Crippen molar-refractivity contribution in [3.63, 3.8) is 0 Å². The van der Waals surface area contributed by atoms with Gasteiger partial charge >= 0.3 is 0 Å². The lowest BCUT2D eigenvalue weighted by atomic mass is 10.2. The van der Waals surface area contributed by atoms with E-state index in [1.807, 2.05) is 6.92 Å². The highest BCUT2D eigenvalue weighted by molar-refractivity contribution is 8.00. The van der Waals surface area contributed by atoms with E-state index in [9.17, 15) is 18.0 Å². The average Bonchev–Trinajstić information content (AvgIpc) is 2.94. The molecule has 2 amide bonds. The van der Waals surface area contributed by atoms with Crippen LogP contribution in [0.3, 0.4) is 0 Å². The van der Waals surface area contributed by atoms with Crippen LogP contribution in [0.1, 0.15) is 32.6 Å². The highest BCUT2D eigenvalue weighted by atomic mass is 32.2. The highest BCUT2D eigenvalue weighted by Gasteiger charge is 2.31. The van der Waals surface area contributed by atoms with Gasteiger partial charge in [-0.05, 0) is 43.2 Å². The summed E-state index contributed by atoms with van der Waals surface area (Å²) < 4.78 is 33.2. The van der Waals surface area contributed by atoms with Crippen molar-refractivity contribution in [1.29, 1.82) is 0 Å². The number of carbonyl (C=O) groups excluding carboxylic acids is 2. The van der Waals surface area contributed by atoms with Crippen LogP contribution in [0.25, 0.3) is 0 Å². The number of amides is 2. The second-order valence-corrected chi connectivity index (χ2v) is 11.9. The summed E-state index contributed by atoms with van der Waals surface area (Å²) in [5, 5.41) is 2.80. The van der Waals surface area contributed by atoms with Crippen molar-refractivity contribution >= 4 is 45.0 Å². The van der Waals surface area contributed by atoms with E-state index in [1.165, 1.54) is 21.0 Å². The molecular weight excluding hydrogens is 474 g/mol. The normalized spacial score (nSPS) is 19.3. The Kier molecular flexibility index (Phi) is 7.49. The van der Waals surface area contributed by atoms with E-state index in [4.69, 9.17) is 4.74 Å². The van der Waals surface area contributed by atoms with Gasteiger partial charge < -0.3 is 15.0 Å². The standard InChI is InChI=1S/C24H29N3O5S2/c1-17-13-24(29)27(16-23(28)25-18-7-6-8-19(14-18)32-2)21-15-20(9-10-22(21)33-17)34(30,31)26-11-4-3-5-12-26/h6-10,14-15,17H,3-5,11-13,16H2,1-2H3,(H,25,28)/t17-/m0/s1. The molecule has 10 heteroatoms. The first-order chi connectivity index (χ1) is 16.3. The van der Waals surface area contributed by atoms with Crippen LogP contribution in [-0.2, 0) is 19.6 Å². The smallest absolute Gasteiger partial charge is 0.244 e. The summed E-state index contributed by atoms with van der Waals surface area (Å²) in [4.78, 5) is 28.3. The van der Waals surface area contributed by atoms with Crippen molar-refractivity contribution in [3.8, 4) is 5.75 Å². The molecule has 2 heterocycles. The maximum atomic E-state index is 13.3. The Morgan fingerprint density at radius 3 is 2.65 bits per heavy atom. The van der Waals surface area contributed by atoms with Crippen molar-refractivity contribution in [2.45, 2.75) is 47.6 Å². The molecule has 1 fully saturated rings. The summed E-state index contributed by atoms with van der Waals surface area (Å²) >= 11 is 1.51. The minimum Gasteiger partial charge on any atom is -0.497 e. The van der Waals surface area contributed by atoms with E-state index in [0.29, 0.717) is 30.2 Å². The van der Waals surface area contributed by atoms with Crippen LogP contribution in [0.4, 0.5) is 11.4 Å². The van der Waals surface area contributed by atoms with E-state index in [-0.39, 0.29) is 34.9 Å². The zero-order chi connectivity index (χ0) is 24.3. The van der Waals surface area contributed by atoms with Crippen molar-refractivity contribution in [2.75, 3.05) is 37.0 Å². The molecule has 2 aromatic rings. The molecule has 2 aromatic carbocycles. The van der Waals surface area contributed by atoms with Crippen LogP contribution < -0.4 is 15.0 Å². The van der Waals surface area contributed by atoms with Gasteiger partial charge in [0.1, 0.15) is 12.3 Å². The number of ether oxygens (including phenoxy) is 1. The Bertz CT molecular complexity index is 1180. The fourth-order valence-corrected chi connectivity index (χ4v) is 6.82. The Morgan fingerprint density at radius 2 is 1.91 bits per heavy atom. The predicted molar refractivity (Wildman–Crippen MR) is 133 cm³/mol. The number of rotatable bonds is 6. The van der Waals surface area contributed by atoms with Gasteiger partial charge in [-0.1, -0.05) is 19.4 Å². The minimum absolute atomic E-state index is 0.00208. The quantitative estimate of drug-likeness (QED) is 0.645. The molecule has 182 valence electrons. The lowest BCUT2D eigenvalue weighted by Crippen LogP contribution is -2.39. The number of nitrogens with one attached hydrogen (secondary N) is 1. The molecule has 1 saturated heterocycles. The number of benzene rings is 2. The molecule has 0 saturated carbocycles. The third-order valence-corrected chi connectivity index (χ3v) is 8.98. The maximum Gasteiger partial charge on any atom is 0.244 e. The van der Waals surface area contributed by atoms with Gasteiger partial charge in [-0.3, -0.25) is 9.59 Å². The molecule has 1 N–H and O–H groups in total. The number of carbonyl (C=O) groups is 2. The third kappa shape index (κ3) is 5.39. The lowest BCUT2D eigenvalue weighted by Gasteiger charge is -2.27. The van der Waals surface area contributed by atoms with Crippen molar-refractivity contribution in [1.82, 2.24) is 4.31 Å². The number of sulfonamides is 1. The first kappa shape index (κ1) is 24.6. The Labute approximate surface area is 204 Å². The van der Waals surface area contributed by atoms with Gasteiger partial charge in [0, 0.05) is 41.4 Å². The summed E-state index contributed by atoms with van der Waals surface area (Å²) in [7, 11) is -2.13. The zero-order valence-corrected chi connectivity index (χ0v) is 21.0. The molecule has 0 radical (unpaired) electrons. The molecule has 34 heavy (non-hydrogen) atoms. The molecule has 0 unspecified atom stereocenters. The number of fused-ring (bicyclic) bond motifs is 1. The molecule has 0 spiro atoms. The van der Waals surface area contributed by atoms with Gasteiger partial charge in [-0.25, -0.2) is 8.42 Å². The number of thioether (sulfide) groups is 1. The molecule has 4 rings (SSSR count). The monoisotopic (exact) mass is 503 g/mol. The highest BCUT2D eigenvalue weighted by Crippen LogP contribution is 2.39. The number of anilines is 2. The minimum atomic E-state index is -3.67. The SMILES string of the molecule is COc1cccc(NC(=O)CN2C(=O)C[C@H](C)Sc3ccc(S(=O)(=O)N4CCCCC4)cc32)c1. The lowest BCUT2D eigenvalue weighted by molar-refractivity contribution is -0.121. The fraction of sp³-hybridized carbons (Fsp3) is 0.417. The summed E-state index contributed by atoms with van der Waals surface area (Å²) in [5.74, 6) is 0.00948. The average molecular weight is 504 g/mol. The van der Waals surface area contributed by atoms with Crippen LogP contribution in [0.5, 0.6) is 5.75 Å². The number of nitrogens with zero attached hydrogens (tertiary/aromatic N) is 2. The van der Waals surface area contributed by atoms with Crippen molar-refractivity contribution in [3.05, 3.63) is 42.5 Å². The van der Waals surface area contributed by atoms with Crippen LogP contribution in [0.2, 0.25) is 0 Å². The molecule has 2 aliphatic heterocycles. The molecule has 0 aromatic heterocycles. The first-order valence-electron chi connectivity index (χ1n) is 11.3. The molecule has 1 atom stereocenters. The molecule has 0 bridgehead atoms. The number of piperidine rings is 1. The van der Waals surface area contributed by atoms with E-state index < -0.39 is 10.0 Å². The van der Waals surface area contributed by atoms with Gasteiger partial charge in [0.05, 0.1) is 17.7 Å². The van der Waals surface area contributed by atoms with Gasteiger partial charge in [-0.15, -0.1) is 11.8 Å². The van der Waals surface area contributed by atoms with Crippen LogP contribution in [0, 0.1) is 0 Å². The molecule has 8 nitrogen and oxygen atoms in total. The summed E-state index contributed by atoms with van der Waals surface area (Å²) in [5.41, 5.74) is 1.01. The molecular formula is C24H29N3O5S2.